The number of carbonyl (C=O) groups excluding carboxylic acids is 1. The van der Waals surface area contributed by atoms with Crippen LogP contribution < -0.4 is 10.6 Å². The first kappa shape index (κ1) is 16.5. The minimum Gasteiger partial charge on any atom is -0.480 e. The number of anilines is 1. The van der Waals surface area contributed by atoms with Crippen molar-refractivity contribution in [1.29, 1.82) is 0 Å². The Kier molecular flexibility index (Phi) is 5.98. The summed E-state index contributed by atoms with van der Waals surface area (Å²) < 4.78 is 0. The van der Waals surface area contributed by atoms with Gasteiger partial charge in [-0.15, -0.1) is 0 Å². The largest absolute Gasteiger partial charge is 0.480 e. The molecule has 1 atom stereocenters. The molecule has 0 radical (unpaired) electrons. The molecule has 1 rings (SSSR count). The Labute approximate surface area is 123 Å². The van der Waals surface area contributed by atoms with Crippen LogP contribution in [0.2, 0.25) is 5.02 Å². The van der Waals surface area contributed by atoms with Gasteiger partial charge in [0.15, 0.2) is 0 Å². The van der Waals surface area contributed by atoms with E-state index in [1.807, 2.05) is 13.8 Å². The van der Waals surface area contributed by atoms with Crippen molar-refractivity contribution in [3.8, 4) is 0 Å². The van der Waals surface area contributed by atoms with Gasteiger partial charge in [0.2, 0.25) is 5.91 Å². The molecule has 0 aliphatic rings. The van der Waals surface area contributed by atoms with E-state index in [1.54, 1.807) is 24.3 Å². The Morgan fingerprint density at radius 3 is 2.50 bits per heavy atom. The van der Waals surface area contributed by atoms with Crippen LogP contribution in [-0.2, 0) is 9.59 Å². The molecule has 1 aromatic rings. The van der Waals surface area contributed by atoms with E-state index in [2.05, 4.69) is 0 Å². The fourth-order valence-electron chi connectivity index (χ4n) is 1.93. The number of carboxylic acids is 1. The second kappa shape index (κ2) is 7.26. The number of hydrogen-bond acceptors (Lipinski definition) is 3. The topological polar surface area (TPSA) is 83.6 Å². The number of hydrogen-bond donors (Lipinski definition) is 2. The van der Waals surface area contributed by atoms with Crippen molar-refractivity contribution in [3.05, 3.63) is 29.3 Å². The van der Waals surface area contributed by atoms with Crippen LogP contribution in [0.15, 0.2) is 24.3 Å². The van der Waals surface area contributed by atoms with E-state index in [9.17, 15) is 9.59 Å². The van der Waals surface area contributed by atoms with E-state index >= 15 is 0 Å². The molecule has 0 bridgehead atoms. The molecular formula is C14H19ClN2O3. The van der Waals surface area contributed by atoms with Crippen LogP contribution >= 0.6 is 11.6 Å². The van der Waals surface area contributed by atoms with Crippen molar-refractivity contribution in [3.63, 3.8) is 0 Å². The summed E-state index contributed by atoms with van der Waals surface area (Å²) in [6, 6.07) is 6.56. The standard InChI is InChI=1S/C14H19ClN2O3/c1-9(2)12(7-16)14(20)17(8-13(18)19)11-5-3-4-10(15)6-11/h3-6,9,12H,7-8,16H2,1-2H3,(H,18,19). The summed E-state index contributed by atoms with van der Waals surface area (Å²) in [5, 5.41) is 9.44. The number of carbonyl (C=O) groups is 2. The first-order chi connectivity index (χ1) is 9.36. The Morgan fingerprint density at radius 1 is 1.40 bits per heavy atom. The second-order valence-electron chi connectivity index (χ2n) is 4.88. The van der Waals surface area contributed by atoms with Crippen LogP contribution in [0.3, 0.4) is 0 Å². The van der Waals surface area contributed by atoms with E-state index in [0.717, 1.165) is 0 Å². The third kappa shape index (κ3) is 4.21. The first-order valence-corrected chi connectivity index (χ1v) is 6.73. The van der Waals surface area contributed by atoms with Crippen molar-refractivity contribution in [2.24, 2.45) is 17.6 Å². The van der Waals surface area contributed by atoms with Crippen LogP contribution in [0.5, 0.6) is 0 Å². The molecular weight excluding hydrogens is 280 g/mol. The normalized spacial score (nSPS) is 12.2. The van der Waals surface area contributed by atoms with E-state index in [1.165, 1.54) is 4.90 Å². The van der Waals surface area contributed by atoms with Crippen LogP contribution in [0.25, 0.3) is 0 Å². The number of amides is 1. The van der Waals surface area contributed by atoms with Crippen LogP contribution in [0, 0.1) is 11.8 Å². The molecule has 0 fully saturated rings. The highest BCUT2D eigenvalue weighted by Gasteiger charge is 2.28. The summed E-state index contributed by atoms with van der Waals surface area (Å²) in [7, 11) is 0. The molecule has 20 heavy (non-hydrogen) atoms. The number of nitrogens with zero attached hydrogens (tertiary/aromatic N) is 1. The third-order valence-corrected chi connectivity index (χ3v) is 3.29. The van der Waals surface area contributed by atoms with Gasteiger partial charge in [-0.2, -0.15) is 0 Å². The number of halogens is 1. The molecule has 110 valence electrons. The number of aliphatic carboxylic acids is 1. The number of nitrogens with two attached hydrogens (primary N) is 1. The Bertz CT molecular complexity index is 491. The van der Waals surface area contributed by atoms with Gasteiger partial charge < -0.3 is 15.7 Å². The Morgan fingerprint density at radius 2 is 2.05 bits per heavy atom. The minimum atomic E-state index is -1.09. The second-order valence-corrected chi connectivity index (χ2v) is 5.32. The summed E-state index contributed by atoms with van der Waals surface area (Å²) in [6.07, 6.45) is 0. The van der Waals surface area contributed by atoms with Crippen LogP contribution in [-0.4, -0.2) is 30.1 Å². The van der Waals surface area contributed by atoms with Gasteiger partial charge >= 0.3 is 5.97 Å². The number of benzene rings is 1. The molecule has 1 amide bonds. The maximum absolute atomic E-state index is 12.5. The zero-order valence-electron chi connectivity index (χ0n) is 11.5. The van der Waals surface area contributed by atoms with Crippen molar-refractivity contribution in [2.75, 3.05) is 18.0 Å². The average Bonchev–Trinajstić information content (AvgIpc) is 2.35. The summed E-state index contributed by atoms with van der Waals surface area (Å²) in [4.78, 5) is 24.7. The molecule has 3 N–H and O–H groups in total. The zero-order chi connectivity index (χ0) is 15.3. The summed E-state index contributed by atoms with van der Waals surface area (Å²) >= 11 is 5.90. The quantitative estimate of drug-likeness (QED) is 0.841. The van der Waals surface area contributed by atoms with Gasteiger partial charge in [-0.1, -0.05) is 31.5 Å². The SMILES string of the molecule is CC(C)C(CN)C(=O)N(CC(=O)O)c1cccc(Cl)c1. The van der Waals surface area contributed by atoms with Gasteiger partial charge in [0.1, 0.15) is 6.54 Å². The molecule has 0 saturated heterocycles. The maximum Gasteiger partial charge on any atom is 0.323 e. The lowest BCUT2D eigenvalue weighted by atomic mass is 9.94. The summed E-state index contributed by atoms with van der Waals surface area (Å²) in [5.41, 5.74) is 6.09. The number of carboxylic acid groups (broad SMARTS) is 1. The molecule has 5 nitrogen and oxygen atoms in total. The third-order valence-electron chi connectivity index (χ3n) is 3.06. The van der Waals surface area contributed by atoms with Gasteiger partial charge in [-0.05, 0) is 24.1 Å². The van der Waals surface area contributed by atoms with Gasteiger partial charge in [-0.3, -0.25) is 9.59 Å². The predicted molar refractivity (Wildman–Crippen MR) is 78.8 cm³/mol. The molecule has 0 aliphatic heterocycles. The minimum absolute atomic E-state index is 0.0305. The average molecular weight is 299 g/mol. The fraction of sp³-hybridized carbons (Fsp3) is 0.429. The lowest BCUT2D eigenvalue weighted by Gasteiger charge is -2.27. The van der Waals surface area contributed by atoms with Gasteiger partial charge in [-0.25, -0.2) is 0 Å². The molecule has 0 heterocycles. The first-order valence-electron chi connectivity index (χ1n) is 6.35. The highest BCUT2D eigenvalue weighted by molar-refractivity contribution is 6.31. The monoisotopic (exact) mass is 298 g/mol. The van der Waals surface area contributed by atoms with E-state index < -0.39 is 18.4 Å². The van der Waals surface area contributed by atoms with Gasteiger partial charge in [0.05, 0.1) is 5.92 Å². The van der Waals surface area contributed by atoms with Gasteiger partial charge in [0, 0.05) is 17.3 Å². The highest BCUT2D eigenvalue weighted by atomic mass is 35.5. The van der Waals surface area contributed by atoms with Crippen LogP contribution in [0.4, 0.5) is 5.69 Å². The van der Waals surface area contributed by atoms with Gasteiger partial charge in [0.25, 0.3) is 0 Å². The van der Waals surface area contributed by atoms with E-state index in [4.69, 9.17) is 22.4 Å². The Hall–Kier alpha value is -1.59. The lowest BCUT2D eigenvalue weighted by molar-refractivity contribution is -0.137. The van der Waals surface area contributed by atoms with Crippen LogP contribution in [0.1, 0.15) is 13.8 Å². The van der Waals surface area contributed by atoms with Crippen molar-refractivity contribution < 1.29 is 14.7 Å². The molecule has 0 aliphatic carbocycles. The fourth-order valence-corrected chi connectivity index (χ4v) is 2.12. The molecule has 0 saturated carbocycles. The summed E-state index contributed by atoms with van der Waals surface area (Å²) in [5.74, 6) is -1.78. The predicted octanol–water partition coefficient (Wildman–Crippen LogP) is 1.99. The summed E-state index contributed by atoms with van der Waals surface area (Å²) in [6.45, 7) is 3.52. The molecule has 1 unspecified atom stereocenters. The molecule has 1 aromatic carbocycles. The van der Waals surface area contributed by atoms with Crippen molar-refractivity contribution in [1.82, 2.24) is 0 Å². The maximum atomic E-state index is 12.5. The molecule has 0 aromatic heterocycles. The van der Waals surface area contributed by atoms with Crippen molar-refractivity contribution >= 4 is 29.2 Å². The van der Waals surface area contributed by atoms with E-state index in [-0.39, 0.29) is 18.4 Å². The van der Waals surface area contributed by atoms with E-state index in [0.29, 0.717) is 10.7 Å². The lowest BCUT2D eigenvalue weighted by Crippen LogP contribution is -2.44. The highest BCUT2D eigenvalue weighted by Crippen LogP contribution is 2.23. The molecule has 6 heteroatoms. The zero-order valence-corrected chi connectivity index (χ0v) is 12.3. The van der Waals surface area contributed by atoms with Crippen molar-refractivity contribution in [2.45, 2.75) is 13.8 Å². The smallest absolute Gasteiger partial charge is 0.323 e. The number of rotatable bonds is 6. The Balaban J connectivity index is 3.12. The molecule has 0 spiro atoms.